The normalized spacial score (nSPS) is 44.9. The van der Waals surface area contributed by atoms with Crippen molar-refractivity contribution in [1.29, 1.82) is 0 Å². The molecule has 2 aromatic rings. The van der Waals surface area contributed by atoms with Crippen LogP contribution in [-0.2, 0) is 30.1 Å². The topological polar surface area (TPSA) is 42.5 Å². The van der Waals surface area contributed by atoms with Crippen LogP contribution in [0.4, 0.5) is 0 Å². The van der Waals surface area contributed by atoms with Crippen LogP contribution in [-0.4, -0.2) is 31.3 Å². The van der Waals surface area contributed by atoms with Crippen LogP contribution >= 0.6 is 0 Å². The fourth-order valence-electron chi connectivity index (χ4n) is 11.0. The number of hydrogen-bond acceptors (Lipinski definition) is 4. The number of benzene rings is 2. The largest absolute Gasteiger partial charge is 0.489 e. The molecule has 3 fully saturated rings. The first-order chi connectivity index (χ1) is 16.8. The molecule has 4 bridgehead atoms. The highest BCUT2D eigenvalue weighted by Crippen LogP contribution is 2.68. The summed E-state index contributed by atoms with van der Waals surface area (Å²) >= 11 is 0. The van der Waals surface area contributed by atoms with Gasteiger partial charge in [0.15, 0.2) is 0 Å². The van der Waals surface area contributed by atoms with Crippen molar-refractivity contribution >= 4 is 0 Å². The van der Waals surface area contributed by atoms with Gasteiger partial charge in [-0.05, 0) is 105 Å². The van der Waals surface area contributed by atoms with Gasteiger partial charge in [0.2, 0.25) is 0 Å². The van der Waals surface area contributed by atoms with Crippen LogP contribution in [0.3, 0.4) is 0 Å². The summed E-state index contributed by atoms with van der Waals surface area (Å²) < 4.78 is 13.9. The highest BCUT2D eigenvalue weighted by atomic mass is 16.5. The van der Waals surface area contributed by atoms with Gasteiger partial charge in [0.25, 0.3) is 0 Å². The van der Waals surface area contributed by atoms with Gasteiger partial charge in [0.05, 0.1) is 0 Å². The molecule has 0 radical (unpaired) electrons. The molecule has 0 amide bonds. The number of nitrogens with one attached hydrogen (secondary N) is 2. The van der Waals surface area contributed by atoms with Crippen LogP contribution in [0.25, 0.3) is 0 Å². The fourth-order valence-corrected chi connectivity index (χ4v) is 11.0. The van der Waals surface area contributed by atoms with E-state index >= 15 is 0 Å². The average molecular weight is 453 g/mol. The molecule has 4 heteroatoms. The molecule has 34 heavy (non-hydrogen) atoms. The van der Waals surface area contributed by atoms with Gasteiger partial charge in [-0.3, -0.25) is 0 Å². The molecule has 4 aliphatic heterocycles. The zero-order chi connectivity index (χ0) is 21.8. The van der Waals surface area contributed by atoms with Crippen molar-refractivity contribution in [1.82, 2.24) is 10.6 Å². The predicted octanol–water partition coefficient (Wildman–Crippen LogP) is 3.87. The second kappa shape index (κ2) is 5.68. The zero-order valence-corrected chi connectivity index (χ0v) is 19.7. The quantitative estimate of drug-likeness (QED) is 0.637. The Hall–Kier alpha value is -2.04. The van der Waals surface area contributed by atoms with E-state index in [9.17, 15) is 0 Å². The Labute approximate surface area is 200 Å². The second-order valence-electron chi connectivity index (χ2n) is 12.6. The maximum absolute atomic E-state index is 6.99. The minimum atomic E-state index is 0.142. The summed E-state index contributed by atoms with van der Waals surface area (Å²) in [5.74, 6) is 3.80. The number of ether oxygens (including phenoxy) is 2. The van der Waals surface area contributed by atoms with E-state index < -0.39 is 0 Å². The number of piperidine rings is 2. The van der Waals surface area contributed by atoms with E-state index in [1.165, 1.54) is 67.6 Å². The molecule has 4 nitrogen and oxygen atoms in total. The molecule has 8 atom stereocenters. The summed E-state index contributed by atoms with van der Waals surface area (Å²) in [6, 6.07) is 10.5. The third-order valence-electron chi connectivity index (χ3n) is 11.9. The smallest absolute Gasteiger partial charge is 0.134 e. The Kier molecular flexibility index (Phi) is 3.05. The molecule has 2 N–H and O–H groups in total. The van der Waals surface area contributed by atoms with Crippen molar-refractivity contribution < 1.29 is 9.47 Å². The first kappa shape index (κ1) is 18.3. The summed E-state index contributed by atoms with van der Waals surface area (Å²) in [6.07, 6.45) is 10.5. The highest BCUT2D eigenvalue weighted by molar-refractivity contribution is 5.65. The van der Waals surface area contributed by atoms with E-state index in [0.717, 1.165) is 25.4 Å². The SMILES string of the molecule is c1cc2c3c(c1)OC1c4cc5c6c(c4CC4C(C2)NCCC314)CC1NCCC62C(CCCC12)O5. The summed E-state index contributed by atoms with van der Waals surface area (Å²) in [7, 11) is 0. The fraction of sp³-hybridized carbons (Fsp3) is 0.600. The number of hydrogen-bond donors (Lipinski definition) is 2. The van der Waals surface area contributed by atoms with Gasteiger partial charge < -0.3 is 20.1 Å². The molecule has 10 rings (SSSR count). The minimum absolute atomic E-state index is 0.142. The van der Waals surface area contributed by atoms with Gasteiger partial charge in [-0.15, -0.1) is 0 Å². The number of fused-ring (bicyclic) bond motifs is 3. The molecule has 174 valence electrons. The lowest BCUT2D eigenvalue weighted by Gasteiger charge is -2.57. The van der Waals surface area contributed by atoms with Crippen LogP contribution in [0.1, 0.15) is 71.6 Å². The van der Waals surface area contributed by atoms with Gasteiger partial charge >= 0.3 is 0 Å². The van der Waals surface area contributed by atoms with Crippen LogP contribution < -0.4 is 20.1 Å². The standard InChI is InChI=1S/C30H32N2O2/c1-3-15-11-21-20-12-16-17-13-22-19-4-2-6-25-29(19,7-9-32-22)27(17)24(33-25)14-18(16)28-30(20,8-10-31-21)26(15)23(5-1)34-28/h1,3,5,14,19-22,25,28,31-32H,2,4,6-13H2. The highest BCUT2D eigenvalue weighted by Gasteiger charge is 2.66. The van der Waals surface area contributed by atoms with Crippen molar-refractivity contribution in [2.45, 2.75) is 86.5 Å². The molecule has 4 heterocycles. The molecule has 2 aromatic carbocycles. The Bertz CT molecular complexity index is 1300. The van der Waals surface area contributed by atoms with Crippen molar-refractivity contribution in [3.05, 3.63) is 57.6 Å². The van der Waals surface area contributed by atoms with Crippen LogP contribution in [0.15, 0.2) is 24.3 Å². The van der Waals surface area contributed by atoms with E-state index in [2.05, 4.69) is 34.9 Å². The lowest BCUT2D eigenvalue weighted by Crippen LogP contribution is -2.64. The molecule has 4 aliphatic carbocycles. The van der Waals surface area contributed by atoms with Gasteiger partial charge in [0.1, 0.15) is 23.7 Å². The molecule has 8 unspecified atom stereocenters. The molecule has 8 aliphatic rings. The van der Waals surface area contributed by atoms with Gasteiger partial charge in [-0.2, -0.15) is 0 Å². The average Bonchev–Trinajstić information content (AvgIpc) is 3.34. The van der Waals surface area contributed by atoms with E-state index in [1.807, 2.05) is 0 Å². The van der Waals surface area contributed by atoms with Crippen molar-refractivity contribution in [2.24, 2.45) is 11.8 Å². The van der Waals surface area contributed by atoms with Gasteiger partial charge in [-0.25, -0.2) is 0 Å². The second-order valence-corrected chi connectivity index (χ2v) is 12.6. The zero-order valence-electron chi connectivity index (χ0n) is 19.7. The maximum Gasteiger partial charge on any atom is 0.134 e. The molecule has 0 aromatic heterocycles. The Morgan fingerprint density at radius 3 is 2.62 bits per heavy atom. The maximum atomic E-state index is 6.99. The van der Waals surface area contributed by atoms with Gasteiger partial charge in [-0.1, -0.05) is 12.1 Å². The van der Waals surface area contributed by atoms with Crippen molar-refractivity contribution in [2.75, 3.05) is 13.1 Å². The van der Waals surface area contributed by atoms with E-state index in [1.54, 1.807) is 22.3 Å². The van der Waals surface area contributed by atoms with Crippen LogP contribution in [0.5, 0.6) is 11.5 Å². The molecular formula is C30H32N2O2. The van der Waals surface area contributed by atoms with Crippen molar-refractivity contribution in [3.8, 4) is 11.5 Å². The Morgan fingerprint density at radius 2 is 1.68 bits per heavy atom. The first-order valence-electron chi connectivity index (χ1n) is 13.9. The number of rotatable bonds is 0. The summed E-state index contributed by atoms with van der Waals surface area (Å²) in [5.41, 5.74) is 9.95. The van der Waals surface area contributed by atoms with Crippen LogP contribution in [0, 0.1) is 11.8 Å². The first-order valence-corrected chi connectivity index (χ1v) is 13.9. The van der Waals surface area contributed by atoms with Gasteiger partial charge in [0, 0.05) is 39.6 Å². The van der Waals surface area contributed by atoms with Crippen LogP contribution in [0.2, 0.25) is 0 Å². The molecule has 1 saturated carbocycles. The van der Waals surface area contributed by atoms with E-state index in [-0.39, 0.29) is 16.9 Å². The summed E-state index contributed by atoms with van der Waals surface area (Å²) in [4.78, 5) is 0. The monoisotopic (exact) mass is 452 g/mol. The third kappa shape index (κ3) is 1.75. The molecule has 2 spiro atoms. The lowest BCUT2D eigenvalue weighted by molar-refractivity contribution is 0.00302. The molecule has 2 saturated heterocycles. The third-order valence-corrected chi connectivity index (χ3v) is 11.9. The Morgan fingerprint density at radius 1 is 0.794 bits per heavy atom. The summed E-state index contributed by atoms with van der Waals surface area (Å²) in [6.45, 7) is 2.26. The lowest BCUT2D eigenvalue weighted by atomic mass is 9.48. The molecular weight excluding hydrogens is 420 g/mol. The summed E-state index contributed by atoms with van der Waals surface area (Å²) in [5, 5.41) is 7.92. The van der Waals surface area contributed by atoms with Crippen molar-refractivity contribution in [3.63, 3.8) is 0 Å². The van der Waals surface area contributed by atoms with E-state index in [0.29, 0.717) is 24.1 Å². The minimum Gasteiger partial charge on any atom is -0.489 e. The van der Waals surface area contributed by atoms with E-state index in [4.69, 9.17) is 9.47 Å². The predicted molar refractivity (Wildman–Crippen MR) is 129 cm³/mol. The Balaban J connectivity index is 1.26.